The van der Waals surface area contributed by atoms with Crippen LogP contribution in [0.15, 0.2) is 48.5 Å². The van der Waals surface area contributed by atoms with E-state index in [1.165, 1.54) is 49.3 Å². The van der Waals surface area contributed by atoms with Gasteiger partial charge < -0.3 is 15.0 Å². The van der Waals surface area contributed by atoms with Crippen molar-refractivity contribution in [3.05, 3.63) is 59.9 Å². The summed E-state index contributed by atoms with van der Waals surface area (Å²) in [5.74, 6) is -1.07. The van der Waals surface area contributed by atoms with Crippen LogP contribution < -0.4 is 14.4 Å². The van der Waals surface area contributed by atoms with Crippen LogP contribution in [0.5, 0.6) is 5.75 Å². The maximum Gasteiger partial charge on any atom is 0.244 e. The highest BCUT2D eigenvalue weighted by Gasteiger charge is 2.30. The first-order chi connectivity index (χ1) is 15.4. The van der Waals surface area contributed by atoms with Crippen LogP contribution in [0, 0.1) is 5.82 Å². The predicted octanol–water partition coefficient (Wildman–Crippen LogP) is 2.54. The third kappa shape index (κ3) is 7.18. The van der Waals surface area contributed by atoms with E-state index in [0.29, 0.717) is 5.75 Å². The average Bonchev–Trinajstić information content (AvgIpc) is 2.75. The molecule has 1 unspecified atom stereocenters. The summed E-state index contributed by atoms with van der Waals surface area (Å²) >= 11 is 0. The van der Waals surface area contributed by atoms with E-state index in [2.05, 4.69) is 5.32 Å². The van der Waals surface area contributed by atoms with Crippen LogP contribution in [0.1, 0.15) is 26.3 Å². The lowest BCUT2D eigenvalue weighted by Gasteiger charge is -2.32. The van der Waals surface area contributed by atoms with Crippen molar-refractivity contribution in [3.8, 4) is 5.75 Å². The Hall–Kier alpha value is -3.14. The summed E-state index contributed by atoms with van der Waals surface area (Å²) in [6, 6.07) is 11.0. The molecule has 0 saturated heterocycles. The zero-order valence-corrected chi connectivity index (χ0v) is 20.2. The molecule has 2 aromatic rings. The van der Waals surface area contributed by atoms with Gasteiger partial charge in [0.25, 0.3) is 0 Å². The molecule has 0 aliphatic carbocycles. The van der Waals surface area contributed by atoms with E-state index < -0.39 is 40.2 Å². The third-order valence-electron chi connectivity index (χ3n) is 4.94. The Kier molecular flexibility index (Phi) is 8.81. The summed E-state index contributed by atoms with van der Waals surface area (Å²) in [4.78, 5) is 27.2. The molecule has 1 N–H and O–H groups in total. The first kappa shape index (κ1) is 26.1. The molecule has 0 saturated carbocycles. The second-order valence-corrected chi connectivity index (χ2v) is 9.83. The zero-order chi connectivity index (χ0) is 24.8. The fourth-order valence-electron chi connectivity index (χ4n) is 3.16. The Morgan fingerprint density at radius 2 is 1.67 bits per heavy atom. The van der Waals surface area contributed by atoms with E-state index in [4.69, 9.17) is 4.74 Å². The number of amides is 2. The molecular formula is C23H30FN3O5S. The Morgan fingerprint density at radius 1 is 1.06 bits per heavy atom. The molecule has 1 atom stereocenters. The number of benzene rings is 2. The minimum atomic E-state index is -3.84. The number of methoxy groups -OCH3 is 1. The van der Waals surface area contributed by atoms with E-state index in [1.54, 1.807) is 32.0 Å². The van der Waals surface area contributed by atoms with Crippen LogP contribution in [0.3, 0.4) is 0 Å². The first-order valence-electron chi connectivity index (χ1n) is 10.4. The number of halogens is 1. The van der Waals surface area contributed by atoms with Gasteiger partial charge in [0.15, 0.2) is 0 Å². The summed E-state index contributed by atoms with van der Waals surface area (Å²) in [6.07, 6.45) is 0.987. The van der Waals surface area contributed by atoms with Crippen LogP contribution in [0.25, 0.3) is 0 Å². The number of sulfonamides is 1. The molecular weight excluding hydrogens is 449 g/mol. The zero-order valence-electron chi connectivity index (χ0n) is 19.4. The second kappa shape index (κ2) is 11.1. The van der Waals surface area contributed by atoms with Gasteiger partial charge in [-0.05, 0) is 51.1 Å². The number of nitrogens with one attached hydrogen (secondary N) is 1. The quantitative estimate of drug-likeness (QED) is 0.565. The lowest BCUT2D eigenvalue weighted by molar-refractivity contribution is -0.139. The van der Waals surface area contributed by atoms with Crippen molar-refractivity contribution in [2.45, 2.75) is 39.4 Å². The maximum absolute atomic E-state index is 14.3. The maximum atomic E-state index is 14.3. The van der Waals surface area contributed by atoms with Crippen molar-refractivity contribution >= 4 is 27.5 Å². The van der Waals surface area contributed by atoms with E-state index >= 15 is 0 Å². The standard InChI is InChI=1S/C23H30FN3O5S/c1-16(2)25-23(29)17(3)26(14-18-8-6-7-9-21(18)24)22(28)15-27(33(5,30)31)19-10-12-20(32-4)13-11-19/h6-13,16-17H,14-15H2,1-5H3,(H,25,29). The van der Waals surface area contributed by atoms with Gasteiger partial charge in [-0.1, -0.05) is 18.2 Å². The van der Waals surface area contributed by atoms with Crippen molar-refractivity contribution < 1.29 is 27.1 Å². The number of rotatable bonds is 10. The van der Waals surface area contributed by atoms with Gasteiger partial charge >= 0.3 is 0 Å². The molecule has 0 aliphatic rings. The Morgan fingerprint density at radius 3 is 2.18 bits per heavy atom. The van der Waals surface area contributed by atoms with Gasteiger partial charge in [0.1, 0.15) is 24.2 Å². The number of hydrogen-bond acceptors (Lipinski definition) is 5. The lowest BCUT2D eigenvalue weighted by atomic mass is 10.1. The summed E-state index contributed by atoms with van der Waals surface area (Å²) in [5.41, 5.74) is 0.474. The molecule has 0 spiro atoms. The third-order valence-corrected chi connectivity index (χ3v) is 6.08. The van der Waals surface area contributed by atoms with Crippen LogP contribution in [-0.2, 0) is 26.2 Å². The van der Waals surface area contributed by atoms with Gasteiger partial charge in [0, 0.05) is 18.2 Å². The summed E-state index contributed by atoms with van der Waals surface area (Å²) < 4.78 is 45.3. The van der Waals surface area contributed by atoms with E-state index in [-0.39, 0.29) is 23.8 Å². The van der Waals surface area contributed by atoms with Crippen LogP contribution in [0.4, 0.5) is 10.1 Å². The van der Waals surface area contributed by atoms with Crippen molar-refractivity contribution in [3.63, 3.8) is 0 Å². The Bertz CT molecular complexity index is 1070. The van der Waals surface area contributed by atoms with Gasteiger partial charge in [-0.15, -0.1) is 0 Å². The normalized spacial score (nSPS) is 12.2. The SMILES string of the molecule is COc1ccc(N(CC(=O)N(Cc2ccccc2F)C(C)C(=O)NC(C)C)S(C)(=O)=O)cc1. The van der Waals surface area contributed by atoms with E-state index in [9.17, 15) is 22.4 Å². The first-order valence-corrected chi connectivity index (χ1v) is 12.2. The summed E-state index contributed by atoms with van der Waals surface area (Å²) in [7, 11) is -2.36. The number of ether oxygens (including phenoxy) is 1. The van der Waals surface area contributed by atoms with Crippen LogP contribution >= 0.6 is 0 Å². The molecule has 0 bridgehead atoms. The molecule has 0 radical (unpaired) electrons. The molecule has 0 fully saturated rings. The molecule has 0 aliphatic heterocycles. The lowest BCUT2D eigenvalue weighted by Crippen LogP contribution is -2.52. The molecule has 0 heterocycles. The molecule has 0 aromatic heterocycles. The molecule has 2 amide bonds. The van der Waals surface area contributed by atoms with Crippen molar-refractivity contribution in [2.75, 3.05) is 24.2 Å². The average molecular weight is 480 g/mol. The van der Waals surface area contributed by atoms with Crippen molar-refractivity contribution in [1.29, 1.82) is 0 Å². The number of carbonyl (C=O) groups excluding carboxylic acids is 2. The summed E-state index contributed by atoms with van der Waals surface area (Å²) in [5, 5.41) is 2.73. The van der Waals surface area contributed by atoms with Gasteiger partial charge in [-0.25, -0.2) is 12.8 Å². The van der Waals surface area contributed by atoms with Crippen molar-refractivity contribution in [1.82, 2.24) is 10.2 Å². The minimum Gasteiger partial charge on any atom is -0.497 e. The second-order valence-electron chi connectivity index (χ2n) is 7.92. The molecule has 33 heavy (non-hydrogen) atoms. The fourth-order valence-corrected chi connectivity index (χ4v) is 4.01. The Balaban J connectivity index is 2.39. The number of carbonyl (C=O) groups is 2. The molecule has 2 aromatic carbocycles. The molecule has 2 rings (SSSR count). The summed E-state index contributed by atoms with van der Waals surface area (Å²) in [6.45, 7) is 4.33. The monoisotopic (exact) mass is 479 g/mol. The van der Waals surface area contributed by atoms with Gasteiger partial charge in [0.2, 0.25) is 21.8 Å². The van der Waals surface area contributed by atoms with Crippen molar-refractivity contribution in [2.24, 2.45) is 0 Å². The van der Waals surface area contributed by atoms with Gasteiger partial charge in [-0.3, -0.25) is 13.9 Å². The predicted molar refractivity (Wildman–Crippen MR) is 125 cm³/mol. The smallest absolute Gasteiger partial charge is 0.244 e. The van der Waals surface area contributed by atoms with Crippen LogP contribution in [0.2, 0.25) is 0 Å². The molecule has 8 nitrogen and oxygen atoms in total. The largest absolute Gasteiger partial charge is 0.497 e. The molecule has 180 valence electrons. The highest BCUT2D eigenvalue weighted by Crippen LogP contribution is 2.22. The minimum absolute atomic E-state index is 0.169. The van der Waals surface area contributed by atoms with E-state index in [1.807, 2.05) is 0 Å². The highest BCUT2D eigenvalue weighted by molar-refractivity contribution is 7.92. The van der Waals surface area contributed by atoms with Gasteiger partial charge in [-0.2, -0.15) is 0 Å². The number of nitrogens with zero attached hydrogens (tertiary/aromatic N) is 2. The van der Waals surface area contributed by atoms with Crippen LogP contribution in [-0.4, -0.2) is 57.1 Å². The number of anilines is 1. The highest BCUT2D eigenvalue weighted by atomic mass is 32.2. The Labute approximate surface area is 194 Å². The molecule has 10 heteroatoms. The fraction of sp³-hybridized carbons (Fsp3) is 0.391. The van der Waals surface area contributed by atoms with E-state index in [0.717, 1.165) is 10.6 Å². The topological polar surface area (TPSA) is 96.0 Å². The van der Waals surface area contributed by atoms with Gasteiger partial charge in [0.05, 0.1) is 19.1 Å². The number of hydrogen-bond donors (Lipinski definition) is 1.